The van der Waals surface area contributed by atoms with E-state index < -0.39 is 0 Å². The first-order valence-electron chi connectivity index (χ1n) is 18.4. The van der Waals surface area contributed by atoms with Crippen LogP contribution in [0.5, 0.6) is 23.0 Å². The first-order valence-corrected chi connectivity index (χ1v) is 18.4. The van der Waals surface area contributed by atoms with E-state index in [0.29, 0.717) is 11.5 Å². The third-order valence-electron chi connectivity index (χ3n) is 10.4. The molecule has 0 unspecified atom stereocenters. The summed E-state index contributed by atoms with van der Waals surface area (Å²) in [7, 11) is 3.53. The van der Waals surface area contributed by atoms with Gasteiger partial charge in [-0.2, -0.15) is 0 Å². The second kappa shape index (κ2) is 19.0. The van der Waals surface area contributed by atoms with Crippen LogP contribution >= 0.6 is 0 Å². The van der Waals surface area contributed by atoms with E-state index in [2.05, 4.69) is 72.1 Å². The van der Waals surface area contributed by atoms with Crippen molar-refractivity contribution in [2.45, 2.75) is 130 Å². The molecule has 0 amide bonds. The van der Waals surface area contributed by atoms with Crippen LogP contribution < -0.4 is 9.47 Å². The van der Waals surface area contributed by atoms with Gasteiger partial charge in [0.15, 0.2) is 0 Å². The first-order chi connectivity index (χ1) is 22.9. The fourth-order valence-corrected chi connectivity index (χ4v) is 7.60. The van der Waals surface area contributed by atoms with Crippen molar-refractivity contribution in [3.8, 4) is 23.0 Å². The Kier molecular flexibility index (Phi) is 15.4. The summed E-state index contributed by atoms with van der Waals surface area (Å²) in [6, 6.07) is 8.08. The number of phenolic OH excluding ortho intramolecular Hbond substituents is 2. The molecule has 2 aliphatic rings. The van der Waals surface area contributed by atoms with Gasteiger partial charge in [0.25, 0.3) is 0 Å². The van der Waals surface area contributed by atoms with E-state index in [-0.39, 0.29) is 29.3 Å². The molecule has 0 saturated heterocycles. The predicted molar refractivity (Wildman–Crippen MR) is 204 cm³/mol. The van der Waals surface area contributed by atoms with Gasteiger partial charge >= 0.3 is 0 Å². The summed E-state index contributed by atoms with van der Waals surface area (Å²) < 4.78 is 11.6. The molecule has 2 aromatic carbocycles. The lowest BCUT2D eigenvalue weighted by atomic mass is 9.73. The number of unbranched alkanes of at least 4 members (excludes halogenated alkanes) is 4. The molecule has 0 fully saturated rings. The molecule has 2 aromatic rings. The van der Waals surface area contributed by atoms with Gasteiger partial charge < -0.3 is 19.7 Å². The molecule has 48 heavy (non-hydrogen) atoms. The molecular formula is C44H64O4. The van der Waals surface area contributed by atoms with Crippen LogP contribution in [0.2, 0.25) is 0 Å². The third-order valence-corrected chi connectivity index (χ3v) is 10.4. The van der Waals surface area contributed by atoms with Crippen molar-refractivity contribution in [3.05, 3.63) is 94.1 Å². The summed E-state index contributed by atoms with van der Waals surface area (Å²) in [5.74, 6) is 3.36. The number of hydrogen-bond donors (Lipinski definition) is 2. The van der Waals surface area contributed by atoms with Crippen LogP contribution in [0.4, 0.5) is 0 Å². The van der Waals surface area contributed by atoms with E-state index in [1.165, 1.54) is 60.0 Å². The van der Waals surface area contributed by atoms with Gasteiger partial charge in [-0.3, -0.25) is 0 Å². The number of phenols is 2. The molecule has 0 saturated carbocycles. The van der Waals surface area contributed by atoms with Crippen LogP contribution in [0.3, 0.4) is 0 Å². The van der Waals surface area contributed by atoms with E-state index >= 15 is 0 Å². The van der Waals surface area contributed by atoms with E-state index in [1.807, 2.05) is 19.1 Å². The minimum absolute atomic E-state index is 0.0194. The molecule has 0 heterocycles. The summed E-state index contributed by atoms with van der Waals surface area (Å²) in [6.45, 7) is 21.3. The van der Waals surface area contributed by atoms with Crippen molar-refractivity contribution in [1.29, 1.82) is 0 Å². The van der Waals surface area contributed by atoms with E-state index in [0.717, 1.165) is 67.6 Å². The summed E-state index contributed by atoms with van der Waals surface area (Å²) in [5.41, 5.74) is 9.27. The maximum Gasteiger partial charge on any atom is 0.126 e. The zero-order valence-corrected chi connectivity index (χ0v) is 31.4. The van der Waals surface area contributed by atoms with Crippen LogP contribution in [-0.4, -0.2) is 24.4 Å². The highest BCUT2D eigenvalue weighted by Gasteiger charge is 2.32. The van der Waals surface area contributed by atoms with Gasteiger partial charge in [-0.25, -0.2) is 0 Å². The van der Waals surface area contributed by atoms with Crippen LogP contribution in [-0.2, 0) is 12.8 Å². The van der Waals surface area contributed by atoms with Gasteiger partial charge in [-0.15, -0.1) is 0 Å². The topological polar surface area (TPSA) is 58.9 Å². The SMILES string of the molecule is C=C(C)[C@@H]1CCC(C)=C[C@H]1c1c(O)cc(CCCCC)cc1O.C=C(C)[C@@H]1CCC(C)=C[C@H]1c1c(OC)cc(CCCCC)cc1OC. The maximum atomic E-state index is 10.5. The molecule has 4 nitrogen and oxygen atoms in total. The summed E-state index contributed by atoms with van der Waals surface area (Å²) in [5, 5.41) is 21.1. The Morgan fingerprint density at radius 1 is 0.667 bits per heavy atom. The van der Waals surface area contributed by atoms with Crippen LogP contribution in [0.15, 0.2) is 71.9 Å². The minimum Gasteiger partial charge on any atom is -0.507 e. The number of hydrogen-bond acceptors (Lipinski definition) is 4. The van der Waals surface area contributed by atoms with Crippen LogP contribution in [0.25, 0.3) is 0 Å². The number of methoxy groups -OCH3 is 2. The zero-order valence-electron chi connectivity index (χ0n) is 31.4. The van der Waals surface area contributed by atoms with E-state index in [1.54, 1.807) is 14.2 Å². The third kappa shape index (κ3) is 10.3. The minimum atomic E-state index is 0.0194. The maximum absolute atomic E-state index is 10.5. The van der Waals surface area contributed by atoms with Crippen LogP contribution in [0, 0.1) is 11.8 Å². The Morgan fingerprint density at radius 2 is 1.06 bits per heavy atom. The number of benzene rings is 2. The number of rotatable bonds is 14. The van der Waals surface area contributed by atoms with Gasteiger partial charge in [0.2, 0.25) is 0 Å². The smallest absolute Gasteiger partial charge is 0.126 e. The lowest BCUT2D eigenvalue weighted by Gasteiger charge is -2.32. The average molecular weight is 657 g/mol. The Balaban J connectivity index is 0.000000261. The van der Waals surface area contributed by atoms with E-state index in [9.17, 15) is 10.2 Å². The molecule has 0 aliphatic heterocycles. The first kappa shape index (κ1) is 39.0. The van der Waals surface area contributed by atoms with Gasteiger partial charge in [0, 0.05) is 23.0 Å². The molecule has 0 spiro atoms. The Labute approximate surface area is 292 Å². The van der Waals surface area contributed by atoms with Crippen molar-refractivity contribution in [2.24, 2.45) is 11.8 Å². The number of aromatic hydroxyl groups is 2. The van der Waals surface area contributed by atoms with Crippen molar-refractivity contribution in [2.75, 3.05) is 14.2 Å². The highest BCUT2D eigenvalue weighted by atomic mass is 16.5. The molecule has 0 radical (unpaired) electrons. The second-order valence-electron chi connectivity index (χ2n) is 14.4. The van der Waals surface area contributed by atoms with Gasteiger partial charge in [0.05, 0.1) is 14.2 Å². The Bertz CT molecular complexity index is 1400. The van der Waals surface area contributed by atoms with Crippen LogP contribution in [0.1, 0.15) is 140 Å². The van der Waals surface area contributed by atoms with Gasteiger partial charge in [-0.05, 0) is 126 Å². The molecule has 0 bridgehead atoms. The monoisotopic (exact) mass is 656 g/mol. The molecular weight excluding hydrogens is 592 g/mol. The summed E-state index contributed by atoms with van der Waals surface area (Å²) >= 11 is 0. The highest BCUT2D eigenvalue weighted by molar-refractivity contribution is 5.54. The van der Waals surface area contributed by atoms with Gasteiger partial charge in [-0.1, -0.05) is 87.1 Å². The normalized spacial score (nSPS) is 20.6. The van der Waals surface area contributed by atoms with Crippen molar-refractivity contribution in [1.82, 2.24) is 0 Å². The standard InChI is InChI=1S/C23H34O2.C21H30O2/c1-7-8-9-10-18-14-21(24-5)23(22(15-18)25-6)20-13-17(4)11-12-19(20)16(2)3;1-5-6-7-8-16-12-19(22)21(20(23)13-16)18-11-15(4)9-10-17(18)14(2)3/h13-15,19-20H,2,7-12H2,1,3-6H3;11-13,17-18,22-23H,2,5-10H2,1,3-4H3/t19-,20+;17-,18+/m00/s1. The lowest BCUT2D eigenvalue weighted by molar-refractivity contribution is 0.368. The number of allylic oxidation sites excluding steroid dienone is 6. The zero-order chi connectivity index (χ0) is 35.4. The van der Waals surface area contributed by atoms with Crippen molar-refractivity contribution < 1.29 is 19.7 Å². The Hall–Kier alpha value is -3.40. The molecule has 4 heteroatoms. The van der Waals surface area contributed by atoms with Crippen molar-refractivity contribution in [3.63, 3.8) is 0 Å². The summed E-state index contributed by atoms with van der Waals surface area (Å²) in [4.78, 5) is 0. The molecule has 2 N–H and O–H groups in total. The molecule has 2 aliphatic carbocycles. The fourth-order valence-electron chi connectivity index (χ4n) is 7.60. The van der Waals surface area contributed by atoms with Gasteiger partial charge in [0.1, 0.15) is 23.0 Å². The molecule has 4 rings (SSSR count). The quantitative estimate of drug-likeness (QED) is 0.157. The largest absolute Gasteiger partial charge is 0.507 e. The number of ether oxygens (including phenoxy) is 2. The molecule has 4 atom stereocenters. The predicted octanol–water partition coefficient (Wildman–Crippen LogP) is 12.3. The average Bonchev–Trinajstić information content (AvgIpc) is 3.04. The molecule has 0 aromatic heterocycles. The lowest BCUT2D eigenvalue weighted by Crippen LogP contribution is -2.18. The Morgan fingerprint density at radius 3 is 1.44 bits per heavy atom. The summed E-state index contributed by atoms with van der Waals surface area (Å²) in [6.07, 6.45) is 18.1. The highest BCUT2D eigenvalue weighted by Crippen LogP contribution is 2.48. The second-order valence-corrected chi connectivity index (χ2v) is 14.4. The van der Waals surface area contributed by atoms with Crippen molar-refractivity contribution >= 4 is 0 Å². The van der Waals surface area contributed by atoms with E-state index in [4.69, 9.17) is 9.47 Å². The fraction of sp³-hybridized carbons (Fsp3) is 0.545. The molecule has 264 valence electrons. The number of aryl methyl sites for hydroxylation is 2.